The molecule has 14 heteroatoms. The van der Waals surface area contributed by atoms with Crippen molar-refractivity contribution in [1.29, 1.82) is 0 Å². The molecule has 1 aliphatic rings. The largest absolute Gasteiger partial charge is 0.790 e. The molecule has 0 radical (unpaired) electrons. The van der Waals surface area contributed by atoms with E-state index in [0.717, 1.165) is 0 Å². The third-order valence-electron chi connectivity index (χ3n) is 3.80. The number of aliphatic hydroxyl groups is 2. The zero-order valence-corrected chi connectivity index (χ0v) is 13.7. The summed E-state index contributed by atoms with van der Waals surface area (Å²) in [4.78, 5) is 39.4. The highest BCUT2D eigenvalue weighted by molar-refractivity contribution is 7.43. The summed E-state index contributed by atoms with van der Waals surface area (Å²) in [6, 6.07) is 0. The highest BCUT2D eigenvalue weighted by Crippen LogP contribution is 2.31. The molecule has 25 heavy (non-hydrogen) atoms. The summed E-state index contributed by atoms with van der Waals surface area (Å²) in [5, 5.41) is 20.2. The minimum Gasteiger partial charge on any atom is -0.790 e. The van der Waals surface area contributed by atoms with Crippen LogP contribution in [0, 0.1) is 0 Å². The predicted octanol–water partition coefficient (Wildman–Crippen LogP) is -4.40. The molecule has 2 aromatic rings. The van der Waals surface area contributed by atoms with Crippen molar-refractivity contribution in [3.8, 4) is 0 Å². The maximum Gasteiger partial charge on any atom is 0.313 e. The predicted molar refractivity (Wildman–Crippen MR) is 75.4 cm³/mol. The summed E-state index contributed by atoms with van der Waals surface area (Å²) in [5.74, 6) is -0.163. The van der Waals surface area contributed by atoms with Crippen LogP contribution in [-0.2, 0) is 20.9 Å². The molecule has 3 heterocycles. The zero-order chi connectivity index (χ0) is 18.5. The zero-order valence-electron chi connectivity index (χ0n) is 12.8. The van der Waals surface area contributed by atoms with Crippen LogP contribution >= 0.6 is 7.82 Å². The number of hydrogen-bond acceptors (Lipinski definition) is 10. The van der Waals surface area contributed by atoms with Crippen LogP contribution in [0.4, 0.5) is 5.95 Å². The molecule has 0 unspecified atom stereocenters. The lowest BCUT2D eigenvalue weighted by Gasteiger charge is -2.30. The number of H-pyrrole nitrogens is 1. The second-order valence-corrected chi connectivity index (χ2v) is 6.70. The number of anilines is 1. The fraction of sp³-hybridized carbons (Fsp3) is 0.545. The number of phosphoric ester groups is 1. The SMILES string of the molecule is Cn1c[n+]([C@@H]2O[C@H](COP(=O)([O-])[O-])[C@@H](O)[C@H]2O)c2nc(N)[nH]c(=O)c21. The van der Waals surface area contributed by atoms with Gasteiger partial charge < -0.3 is 39.6 Å². The van der Waals surface area contributed by atoms with E-state index in [4.69, 9.17) is 10.5 Å². The number of aromatic nitrogens is 4. The van der Waals surface area contributed by atoms with E-state index in [1.54, 1.807) is 7.05 Å². The molecule has 0 amide bonds. The minimum absolute atomic E-state index is 0.0832. The number of aliphatic hydroxyl groups excluding tert-OH is 2. The molecular formula is C11H15N5O8P-. The normalized spacial score (nSPS) is 27.2. The summed E-state index contributed by atoms with van der Waals surface area (Å²) in [6.45, 7) is -0.763. The first kappa shape index (κ1) is 17.9. The fourth-order valence-electron chi connectivity index (χ4n) is 2.72. The average Bonchev–Trinajstić information content (AvgIpc) is 2.95. The van der Waals surface area contributed by atoms with E-state index >= 15 is 0 Å². The van der Waals surface area contributed by atoms with Gasteiger partial charge in [0.05, 0.1) is 21.5 Å². The second kappa shape index (κ2) is 6.14. The van der Waals surface area contributed by atoms with Gasteiger partial charge in [-0.2, -0.15) is 0 Å². The summed E-state index contributed by atoms with van der Waals surface area (Å²) in [7, 11) is -3.71. The summed E-state index contributed by atoms with van der Waals surface area (Å²) in [6.07, 6.45) is -4.12. The van der Waals surface area contributed by atoms with Crippen LogP contribution in [0.15, 0.2) is 11.1 Å². The number of aryl methyl sites for hydroxylation is 1. The Morgan fingerprint density at radius 3 is 2.84 bits per heavy atom. The highest BCUT2D eigenvalue weighted by atomic mass is 31.2. The van der Waals surface area contributed by atoms with Gasteiger partial charge in [0, 0.05) is 0 Å². The van der Waals surface area contributed by atoms with E-state index in [0.29, 0.717) is 0 Å². The van der Waals surface area contributed by atoms with Crippen LogP contribution < -0.4 is 25.6 Å². The molecule has 0 spiro atoms. The number of ether oxygens (including phenoxy) is 1. The Bertz CT molecular complexity index is 906. The van der Waals surface area contributed by atoms with E-state index in [2.05, 4.69) is 14.5 Å². The maximum absolute atomic E-state index is 12.0. The Balaban J connectivity index is 1.96. The summed E-state index contributed by atoms with van der Waals surface area (Å²) >= 11 is 0. The number of phosphoric acid groups is 1. The van der Waals surface area contributed by atoms with Crippen LogP contribution in [0.25, 0.3) is 11.2 Å². The molecular weight excluding hydrogens is 361 g/mol. The van der Waals surface area contributed by atoms with Crippen LogP contribution in [0.1, 0.15) is 6.23 Å². The molecule has 13 nitrogen and oxygen atoms in total. The first-order chi connectivity index (χ1) is 11.6. The molecule has 3 rings (SSSR count). The third-order valence-corrected chi connectivity index (χ3v) is 4.26. The quantitative estimate of drug-likeness (QED) is 0.298. The Kier molecular flexibility index (Phi) is 4.41. The van der Waals surface area contributed by atoms with Crippen molar-refractivity contribution in [3.05, 3.63) is 16.7 Å². The maximum atomic E-state index is 12.0. The monoisotopic (exact) mass is 376 g/mol. The van der Waals surface area contributed by atoms with E-state index in [1.165, 1.54) is 15.5 Å². The lowest BCUT2D eigenvalue weighted by Crippen LogP contribution is -2.46. The fourth-order valence-corrected chi connectivity index (χ4v) is 3.05. The molecule has 1 fully saturated rings. The van der Waals surface area contributed by atoms with Crippen LogP contribution in [-0.4, -0.2) is 49.7 Å². The third kappa shape index (κ3) is 3.30. The van der Waals surface area contributed by atoms with Crippen molar-refractivity contribution in [1.82, 2.24) is 14.5 Å². The number of rotatable bonds is 4. The number of nitrogens with one attached hydrogen (secondary N) is 1. The van der Waals surface area contributed by atoms with E-state index in [9.17, 15) is 29.4 Å². The number of aromatic amines is 1. The van der Waals surface area contributed by atoms with E-state index in [-0.39, 0.29) is 17.1 Å². The first-order valence-corrected chi connectivity index (χ1v) is 8.48. The number of nitrogens with two attached hydrogens (primary N) is 1. The van der Waals surface area contributed by atoms with Crippen LogP contribution in [0.5, 0.6) is 0 Å². The molecule has 1 saturated heterocycles. The Morgan fingerprint density at radius 1 is 1.52 bits per heavy atom. The van der Waals surface area contributed by atoms with Gasteiger partial charge in [-0.1, -0.05) is 4.98 Å². The standard InChI is InChI=1S/C11H16N5O8P/c1-15-3-16(8-5(15)9(19)14-11(12)13-8)10-7(18)6(17)4(24-10)2-23-25(20,21)22/h3-4,6-7,10,17-18H,2H2,1H3,(H4-,12,13,14,19,20,21,22)/p-1/t4-,6-,7-,10-/m1/s1. The van der Waals surface area contributed by atoms with Gasteiger partial charge in [0.2, 0.25) is 11.7 Å². The van der Waals surface area contributed by atoms with Crippen molar-refractivity contribution >= 4 is 24.9 Å². The molecule has 0 saturated carbocycles. The van der Waals surface area contributed by atoms with Crippen molar-refractivity contribution in [2.45, 2.75) is 24.5 Å². The number of nitrogens with zero attached hydrogens (tertiary/aromatic N) is 3. The second-order valence-electron chi connectivity index (χ2n) is 5.55. The number of nitrogen functional groups attached to an aromatic ring is 1. The Labute approximate surface area is 139 Å². The molecule has 2 aromatic heterocycles. The van der Waals surface area contributed by atoms with Crippen molar-refractivity contribution in [2.75, 3.05) is 12.3 Å². The van der Waals surface area contributed by atoms with Gasteiger partial charge in [-0.25, -0.2) is 4.57 Å². The minimum atomic E-state index is -5.26. The molecule has 138 valence electrons. The highest BCUT2D eigenvalue weighted by Gasteiger charge is 2.47. The van der Waals surface area contributed by atoms with Crippen LogP contribution in [0.2, 0.25) is 0 Å². The smallest absolute Gasteiger partial charge is 0.313 e. The lowest BCUT2D eigenvalue weighted by molar-refractivity contribution is -0.745. The number of imidazole rings is 1. The van der Waals surface area contributed by atoms with E-state index in [1.807, 2.05) is 0 Å². The van der Waals surface area contributed by atoms with Gasteiger partial charge in [-0.05, 0) is 0 Å². The Hall–Kier alpha value is -1.86. The van der Waals surface area contributed by atoms with Gasteiger partial charge in [0.15, 0.2) is 6.33 Å². The lowest BCUT2D eigenvalue weighted by atomic mass is 10.1. The van der Waals surface area contributed by atoms with Crippen LogP contribution in [0.3, 0.4) is 0 Å². The molecule has 0 aliphatic carbocycles. The average molecular weight is 376 g/mol. The molecule has 0 bridgehead atoms. The molecule has 1 aliphatic heterocycles. The van der Waals surface area contributed by atoms with Gasteiger partial charge in [0.1, 0.15) is 18.3 Å². The first-order valence-electron chi connectivity index (χ1n) is 7.02. The Morgan fingerprint density at radius 2 is 2.20 bits per heavy atom. The van der Waals surface area contributed by atoms with Gasteiger partial charge in [0.25, 0.3) is 11.5 Å². The summed E-state index contributed by atoms with van der Waals surface area (Å²) < 4.78 is 22.7. The molecule has 0 aromatic carbocycles. The van der Waals surface area contributed by atoms with Crippen molar-refractivity contribution in [2.24, 2.45) is 7.05 Å². The topological polar surface area (TPSA) is 203 Å². The van der Waals surface area contributed by atoms with Crippen molar-refractivity contribution in [3.63, 3.8) is 0 Å². The number of fused-ring (bicyclic) bond motifs is 1. The van der Waals surface area contributed by atoms with Gasteiger partial charge >= 0.3 is 5.65 Å². The summed E-state index contributed by atoms with van der Waals surface area (Å²) in [5.41, 5.74) is 5.23. The molecule has 4 atom stereocenters. The van der Waals surface area contributed by atoms with Gasteiger partial charge in [-0.15, -0.1) is 0 Å². The van der Waals surface area contributed by atoms with Crippen molar-refractivity contribution < 1.29 is 38.4 Å². The van der Waals surface area contributed by atoms with E-state index < -0.39 is 44.5 Å². The number of hydrogen-bond donors (Lipinski definition) is 4. The molecule has 5 N–H and O–H groups in total. The van der Waals surface area contributed by atoms with Gasteiger partial charge in [-0.3, -0.25) is 14.3 Å².